The predicted molar refractivity (Wildman–Crippen MR) is 92.3 cm³/mol. The van der Waals surface area contributed by atoms with Crippen molar-refractivity contribution in [1.82, 2.24) is 14.3 Å². The quantitative estimate of drug-likeness (QED) is 0.690. The molecular formula is C19H16F3N3O2. The van der Waals surface area contributed by atoms with E-state index in [0.717, 1.165) is 11.3 Å². The highest BCUT2D eigenvalue weighted by molar-refractivity contribution is 5.94. The van der Waals surface area contributed by atoms with Gasteiger partial charge in [0.1, 0.15) is 5.65 Å². The first-order valence-corrected chi connectivity index (χ1v) is 8.43. The second kappa shape index (κ2) is 6.70. The summed E-state index contributed by atoms with van der Waals surface area (Å²) in [5, 5.41) is 0. The van der Waals surface area contributed by atoms with Gasteiger partial charge in [-0.15, -0.1) is 0 Å². The highest BCUT2D eigenvalue weighted by Crippen LogP contribution is 2.26. The summed E-state index contributed by atoms with van der Waals surface area (Å²) < 4.78 is 45.1. The minimum Gasteiger partial charge on any atom is -0.365 e. The molecule has 2 aromatic heterocycles. The number of hydrogen-bond donors (Lipinski definition) is 0. The zero-order chi connectivity index (χ0) is 19.0. The highest BCUT2D eigenvalue weighted by atomic mass is 19.4. The van der Waals surface area contributed by atoms with E-state index in [-0.39, 0.29) is 13.2 Å². The Bertz CT molecular complexity index is 969. The molecule has 3 heterocycles. The number of pyridine rings is 1. The van der Waals surface area contributed by atoms with Crippen molar-refractivity contribution < 1.29 is 22.7 Å². The molecule has 0 N–H and O–H groups in total. The Kier molecular flexibility index (Phi) is 4.35. The van der Waals surface area contributed by atoms with Crippen LogP contribution in [0.3, 0.4) is 0 Å². The van der Waals surface area contributed by atoms with Gasteiger partial charge in [-0.05, 0) is 12.1 Å². The van der Waals surface area contributed by atoms with E-state index in [2.05, 4.69) is 4.98 Å². The second-order valence-electron chi connectivity index (χ2n) is 6.33. The Balaban J connectivity index is 1.59. The zero-order valence-electron chi connectivity index (χ0n) is 14.2. The van der Waals surface area contributed by atoms with Crippen LogP contribution in [0.15, 0.2) is 54.9 Å². The highest BCUT2D eigenvalue weighted by Gasteiger charge is 2.44. The average molecular weight is 375 g/mol. The second-order valence-corrected chi connectivity index (χ2v) is 6.33. The first kappa shape index (κ1) is 17.5. The molecule has 1 aliphatic rings. The Morgan fingerprint density at radius 1 is 1.11 bits per heavy atom. The zero-order valence-corrected chi connectivity index (χ0v) is 14.2. The number of hydrogen-bond acceptors (Lipinski definition) is 3. The van der Waals surface area contributed by atoms with Crippen LogP contribution in [0, 0.1) is 0 Å². The summed E-state index contributed by atoms with van der Waals surface area (Å²) in [4.78, 5) is 18.3. The molecule has 8 heteroatoms. The number of fused-ring (bicyclic) bond motifs is 1. The van der Waals surface area contributed by atoms with Crippen LogP contribution in [0.5, 0.6) is 0 Å². The van der Waals surface area contributed by atoms with Gasteiger partial charge in [0.05, 0.1) is 24.4 Å². The number of carbonyl (C=O) groups excluding carboxylic acids is 1. The van der Waals surface area contributed by atoms with Crippen LogP contribution in [-0.2, 0) is 4.74 Å². The van der Waals surface area contributed by atoms with Crippen LogP contribution in [0.1, 0.15) is 10.4 Å². The minimum atomic E-state index is -4.49. The fraction of sp³-hybridized carbons (Fsp3) is 0.263. The number of imidazole rings is 1. The van der Waals surface area contributed by atoms with E-state index in [1.165, 1.54) is 4.90 Å². The molecule has 0 aliphatic carbocycles. The summed E-state index contributed by atoms with van der Waals surface area (Å²) >= 11 is 0. The minimum absolute atomic E-state index is 0.128. The third kappa shape index (κ3) is 3.52. The lowest BCUT2D eigenvalue weighted by atomic mass is 10.2. The maximum absolute atomic E-state index is 12.9. The van der Waals surface area contributed by atoms with Crippen molar-refractivity contribution in [3.8, 4) is 11.3 Å². The first-order valence-electron chi connectivity index (χ1n) is 8.43. The van der Waals surface area contributed by atoms with Gasteiger partial charge >= 0.3 is 6.18 Å². The van der Waals surface area contributed by atoms with Crippen molar-refractivity contribution in [2.24, 2.45) is 0 Å². The van der Waals surface area contributed by atoms with Crippen molar-refractivity contribution in [2.45, 2.75) is 12.3 Å². The normalized spacial score (nSPS) is 18.0. The monoisotopic (exact) mass is 375 g/mol. The molecule has 0 unspecified atom stereocenters. The van der Waals surface area contributed by atoms with Crippen molar-refractivity contribution in [3.63, 3.8) is 0 Å². The number of nitrogens with zero attached hydrogens (tertiary/aromatic N) is 3. The number of amides is 1. The fourth-order valence-electron chi connectivity index (χ4n) is 3.08. The summed E-state index contributed by atoms with van der Waals surface area (Å²) in [7, 11) is 0. The Hall–Kier alpha value is -2.87. The molecular weight excluding hydrogens is 359 g/mol. The molecule has 1 atom stereocenters. The number of morpholine rings is 1. The van der Waals surface area contributed by atoms with Crippen LogP contribution in [0.4, 0.5) is 13.2 Å². The Morgan fingerprint density at radius 2 is 1.89 bits per heavy atom. The number of benzene rings is 1. The van der Waals surface area contributed by atoms with Gasteiger partial charge in [-0.2, -0.15) is 13.2 Å². The van der Waals surface area contributed by atoms with E-state index < -0.39 is 24.7 Å². The largest absolute Gasteiger partial charge is 0.416 e. The van der Waals surface area contributed by atoms with E-state index in [9.17, 15) is 18.0 Å². The van der Waals surface area contributed by atoms with Crippen molar-refractivity contribution in [1.29, 1.82) is 0 Å². The van der Waals surface area contributed by atoms with Crippen LogP contribution in [0.25, 0.3) is 16.9 Å². The van der Waals surface area contributed by atoms with Crippen LogP contribution in [0.2, 0.25) is 0 Å². The maximum atomic E-state index is 12.9. The Labute approximate surface area is 153 Å². The molecule has 0 radical (unpaired) electrons. The van der Waals surface area contributed by atoms with E-state index >= 15 is 0 Å². The summed E-state index contributed by atoms with van der Waals surface area (Å²) in [6.07, 6.45) is -3.05. The van der Waals surface area contributed by atoms with E-state index in [0.29, 0.717) is 11.2 Å². The number of ether oxygens (including phenoxy) is 1. The number of carbonyl (C=O) groups is 1. The number of halogens is 3. The lowest BCUT2D eigenvalue weighted by Gasteiger charge is -2.33. The summed E-state index contributed by atoms with van der Waals surface area (Å²) in [5.41, 5.74) is 2.65. The average Bonchev–Trinajstić information content (AvgIpc) is 3.11. The predicted octanol–water partition coefficient (Wildman–Crippen LogP) is 3.40. The van der Waals surface area contributed by atoms with E-state index in [1.807, 2.05) is 30.3 Å². The van der Waals surface area contributed by atoms with Crippen LogP contribution < -0.4 is 0 Å². The molecule has 140 valence electrons. The molecule has 1 aromatic carbocycles. The molecule has 1 saturated heterocycles. The smallest absolute Gasteiger partial charge is 0.365 e. The van der Waals surface area contributed by atoms with Crippen molar-refractivity contribution >= 4 is 11.6 Å². The fourth-order valence-corrected chi connectivity index (χ4v) is 3.08. The molecule has 0 bridgehead atoms. The van der Waals surface area contributed by atoms with Crippen molar-refractivity contribution in [3.05, 3.63) is 60.4 Å². The molecule has 4 rings (SSSR count). The van der Waals surface area contributed by atoms with Gasteiger partial charge in [0.25, 0.3) is 5.91 Å². The van der Waals surface area contributed by atoms with Crippen molar-refractivity contribution in [2.75, 3.05) is 19.7 Å². The topological polar surface area (TPSA) is 46.8 Å². The van der Waals surface area contributed by atoms with Gasteiger partial charge in [-0.3, -0.25) is 4.79 Å². The van der Waals surface area contributed by atoms with E-state index in [4.69, 9.17) is 4.74 Å². The molecule has 3 aromatic rings. The molecule has 1 aliphatic heterocycles. The van der Waals surface area contributed by atoms with Gasteiger partial charge in [0, 0.05) is 24.5 Å². The molecule has 0 saturated carbocycles. The lowest BCUT2D eigenvalue weighted by molar-refractivity contribution is -0.233. The van der Waals surface area contributed by atoms with Gasteiger partial charge in [-0.25, -0.2) is 4.98 Å². The standard InChI is InChI=1S/C19H16F3N3O2/c20-19(21,22)16-12-24(8-9-27-16)18(26)14-6-7-17-23-15(11-25(17)10-14)13-4-2-1-3-5-13/h1-7,10-11,16H,8-9,12H2/t16-/m0/s1. The first-order chi connectivity index (χ1) is 12.9. The van der Waals surface area contributed by atoms with Gasteiger partial charge in [0.15, 0.2) is 6.10 Å². The van der Waals surface area contributed by atoms with Crippen LogP contribution in [-0.4, -0.2) is 52.2 Å². The molecule has 1 fully saturated rings. The van der Waals surface area contributed by atoms with Gasteiger partial charge < -0.3 is 14.0 Å². The maximum Gasteiger partial charge on any atom is 0.416 e. The molecule has 0 spiro atoms. The number of aromatic nitrogens is 2. The summed E-state index contributed by atoms with van der Waals surface area (Å²) in [6, 6.07) is 12.8. The Morgan fingerprint density at radius 3 is 2.63 bits per heavy atom. The molecule has 5 nitrogen and oxygen atoms in total. The summed E-state index contributed by atoms with van der Waals surface area (Å²) in [6.45, 7) is -0.510. The van der Waals surface area contributed by atoms with Gasteiger partial charge in [-0.1, -0.05) is 30.3 Å². The number of rotatable bonds is 2. The summed E-state index contributed by atoms with van der Waals surface area (Å²) in [5.74, 6) is -0.454. The third-order valence-electron chi connectivity index (χ3n) is 4.49. The molecule has 1 amide bonds. The molecule has 27 heavy (non-hydrogen) atoms. The SMILES string of the molecule is O=C(c1ccc2nc(-c3ccccc3)cn2c1)N1CCO[C@H](C(F)(F)F)C1. The lowest BCUT2D eigenvalue weighted by Crippen LogP contribution is -2.51. The van der Waals surface area contributed by atoms with E-state index in [1.54, 1.807) is 28.9 Å². The van der Waals surface area contributed by atoms with Crippen LogP contribution >= 0.6 is 0 Å². The number of alkyl halides is 3. The third-order valence-corrected chi connectivity index (χ3v) is 4.49. The van der Waals surface area contributed by atoms with Gasteiger partial charge in [0.2, 0.25) is 0 Å².